The molecule has 0 aliphatic heterocycles. The second kappa shape index (κ2) is 9.45. The Balaban J connectivity index is 1.62. The highest BCUT2D eigenvalue weighted by atomic mass is 32.2. The average molecular weight is 425 g/mol. The zero-order chi connectivity index (χ0) is 21.6. The number of nitrogens with one attached hydrogen (secondary N) is 2. The van der Waals surface area contributed by atoms with Crippen LogP contribution in [-0.2, 0) is 16.4 Å². The first-order valence-electron chi connectivity index (χ1n) is 9.49. The van der Waals surface area contributed by atoms with E-state index in [2.05, 4.69) is 16.1 Å². The Kier molecular flexibility index (Phi) is 6.74. The highest BCUT2D eigenvalue weighted by Crippen LogP contribution is 2.26. The zero-order valence-corrected chi connectivity index (χ0v) is 17.7. The molecule has 0 unspecified atom stereocenters. The Morgan fingerprint density at radius 2 is 1.70 bits per heavy atom. The number of anilines is 1. The standard InChI is InChI=1S/C23H24N2O4S/c1-17-6-5-7-18(16-17)14-15-24-23(26)19-10-12-20(13-11-19)30(27,28)25-21-8-3-4-9-22(21)29-2/h3-13,16,25H,14-15H2,1-2H3,(H,24,26). The molecule has 3 rings (SSSR count). The van der Waals surface area contributed by atoms with E-state index < -0.39 is 10.0 Å². The third kappa shape index (κ3) is 5.39. The third-order valence-corrected chi connectivity index (χ3v) is 5.94. The molecule has 30 heavy (non-hydrogen) atoms. The molecule has 2 N–H and O–H groups in total. The molecule has 156 valence electrons. The van der Waals surface area contributed by atoms with Crippen LogP contribution in [0.15, 0.2) is 77.7 Å². The largest absolute Gasteiger partial charge is 0.495 e. The molecule has 1 amide bonds. The summed E-state index contributed by atoms with van der Waals surface area (Å²) in [5.74, 6) is 0.176. The normalized spacial score (nSPS) is 11.0. The van der Waals surface area contributed by atoms with Gasteiger partial charge in [0.05, 0.1) is 17.7 Å². The van der Waals surface area contributed by atoms with Crippen molar-refractivity contribution in [2.24, 2.45) is 0 Å². The number of methoxy groups -OCH3 is 1. The summed E-state index contributed by atoms with van der Waals surface area (Å²) in [4.78, 5) is 12.4. The van der Waals surface area contributed by atoms with Gasteiger partial charge >= 0.3 is 0 Å². The number of para-hydroxylation sites is 2. The second-order valence-electron chi connectivity index (χ2n) is 6.83. The van der Waals surface area contributed by atoms with Gasteiger partial charge in [-0.3, -0.25) is 9.52 Å². The van der Waals surface area contributed by atoms with Gasteiger partial charge in [-0.1, -0.05) is 42.0 Å². The fourth-order valence-corrected chi connectivity index (χ4v) is 4.08. The van der Waals surface area contributed by atoms with Crippen molar-refractivity contribution in [2.75, 3.05) is 18.4 Å². The number of ether oxygens (including phenoxy) is 1. The van der Waals surface area contributed by atoms with Gasteiger partial charge in [0.15, 0.2) is 0 Å². The van der Waals surface area contributed by atoms with Crippen LogP contribution in [0.25, 0.3) is 0 Å². The van der Waals surface area contributed by atoms with Crippen molar-refractivity contribution in [1.82, 2.24) is 5.32 Å². The monoisotopic (exact) mass is 424 g/mol. The van der Waals surface area contributed by atoms with Gasteiger partial charge in [0.2, 0.25) is 0 Å². The number of aryl methyl sites for hydroxylation is 1. The van der Waals surface area contributed by atoms with Crippen LogP contribution < -0.4 is 14.8 Å². The summed E-state index contributed by atoms with van der Waals surface area (Å²) in [5.41, 5.74) is 3.07. The van der Waals surface area contributed by atoms with Crippen molar-refractivity contribution in [3.05, 3.63) is 89.5 Å². The first-order valence-corrected chi connectivity index (χ1v) is 11.0. The van der Waals surface area contributed by atoms with E-state index in [1.54, 1.807) is 24.3 Å². The zero-order valence-electron chi connectivity index (χ0n) is 16.9. The minimum absolute atomic E-state index is 0.0599. The fourth-order valence-electron chi connectivity index (χ4n) is 3.01. The molecule has 0 aliphatic rings. The number of hydrogen-bond donors (Lipinski definition) is 2. The summed E-state index contributed by atoms with van der Waals surface area (Å²) in [7, 11) is -2.34. The lowest BCUT2D eigenvalue weighted by Crippen LogP contribution is -2.25. The van der Waals surface area contributed by atoms with Gasteiger partial charge in [0.1, 0.15) is 5.75 Å². The highest BCUT2D eigenvalue weighted by molar-refractivity contribution is 7.92. The average Bonchev–Trinajstić information content (AvgIpc) is 2.74. The Hall–Kier alpha value is -3.32. The molecule has 0 aromatic heterocycles. The van der Waals surface area contributed by atoms with Gasteiger partial charge in [0, 0.05) is 12.1 Å². The number of carbonyl (C=O) groups excluding carboxylic acids is 1. The molecular formula is C23H24N2O4S. The van der Waals surface area contributed by atoms with Crippen molar-refractivity contribution in [2.45, 2.75) is 18.2 Å². The van der Waals surface area contributed by atoms with Gasteiger partial charge in [-0.05, 0) is 55.3 Å². The van der Waals surface area contributed by atoms with Crippen LogP contribution in [0.2, 0.25) is 0 Å². The molecule has 0 saturated carbocycles. The Bertz CT molecular complexity index is 1130. The number of rotatable bonds is 8. The van der Waals surface area contributed by atoms with Crippen molar-refractivity contribution in [3.63, 3.8) is 0 Å². The lowest BCUT2D eigenvalue weighted by molar-refractivity contribution is 0.0954. The summed E-state index contributed by atoms with van der Waals surface area (Å²) in [5, 5.41) is 2.86. The SMILES string of the molecule is COc1ccccc1NS(=O)(=O)c1ccc(C(=O)NCCc2cccc(C)c2)cc1. The number of benzene rings is 3. The summed E-state index contributed by atoms with van der Waals surface area (Å²) >= 11 is 0. The number of amides is 1. The predicted molar refractivity (Wildman–Crippen MR) is 117 cm³/mol. The van der Waals surface area contributed by atoms with E-state index in [0.29, 0.717) is 23.5 Å². The van der Waals surface area contributed by atoms with Crippen molar-refractivity contribution >= 4 is 21.6 Å². The van der Waals surface area contributed by atoms with Crippen LogP contribution in [0.1, 0.15) is 21.5 Å². The molecule has 3 aromatic carbocycles. The van der Waals surface area contributed by atoms with E-state index >= 15 is 0 Å². The van der Waals surface area contributed by atoms with E-state index in [-0.39, 0.29) is 10.8 Å². The molecular weight excluding hydrogens is 400 g/mol. The molecule has 0 fully saturated rings. The smallest absolute Gasteiger partial charge is 0.262 e. The van der Waals surface area contributed by atoms with Gasteiger partial charge < -0.3 is 10.1 Å². The molecule has 6 nitrogen and oxygen atoms in total. The first-order chi connectivity index (χ1) is 14.4. The number of carbonyl (C=O) groups is 1. The maximum atomic E-state index is 12.6. The molecule has 0 atom stereocenters. The molecule has 7 heteroatoms. The van der Waals surface area contributed by atoms with E-state index in [1.165, 1.54) is 36.9 Å². The highest BCUT2D eigenvalue weighted by Gasteiger charge is 2.17. The van der Waals surface area contributed by atoms with Crippen molar-refractivity contribution < 1.29 is 17.9 Å². The molecule has 3 aromatic rings. The van der Waals surface area contributed by atoms with Crippen molar-refractivity contribution in [3.8, 4) is 5.75 Å². The van der Waals surface area contributed by atoms with E-state index in [9.17, 15) is 13.2 Å². The minimum Gasteiger partial charge on any atom is -0.495 e. The summed E-state index contributed by atoms with van der Waals surface area (Å²) < 4.78 is 33.0. The van der Waals surface area contributed by atoms with Gasteiger partial charge in [0.25, 0.3) is 15.9 Å². The van der Waals surface area contributed by atoms with Crippen molar-refractivity contribution in [1.29, 1.82) is 0 Å². The van der Waals surface area contributed by atoms with E-state index in [4.69, 9.17) is 4.74 Å². The number of hydrogen-bond acceptors (Lipinski definition) is 4. The third-order valence-electron chi connectivity index (χ3n) is 4.56. The summed E-state index contributed by atoms with van der Waals surface area (Å²) in [6.45, 7) is 2.53. The van der Waals surface area contributed by atoms with Crippen LogP contribution in [0, 0.1) is 6.92 Å². The maximum Gasteiger partial charge on any atom is 0.262 e. The molecule has 0 saturated heterocycles. The molecule has 0 bridgehead atoms. The van der Waals surface area contributed by atoms with E-state index in [0.717, 1.165) is 12.0 Å². The summed E-state index contributed by atoms with van der Waals surface area (Å²) in [6, 6.07) is 20.7. The lowest BCUT2D eigenvalue weighted by atomic mass is 10.1. The topological polar surface area (TPSA) is 84.5 Å². The molecule has 0 aliphatic carbocycles. The van der Waals surface area contributed by atoms with Crippen LogP contribution >= 0.6 is 0 Å². The Morgan fingerprint density at radius 3 is 2.40 bits per heavy atom. The first kappa shape index (κ1) is 21.4. The van der Waals surface area contributed by atoms with Crippen LogP contribution in [0.4, 0.5) is 5.69 Å². The molecule has 0 spiro atoms. The Morgan fingerprint density at radius 1 is 0.967 bits per heavy atom. The van der Waals surface area contributed by atoms with Gasteiger partial charge in [-0.15, -0.1) is 0 Å². The van der Waals surface area contributed by atoms with Crippen LogP contribution in [-0.4, -0.2) is 28.0 Å². The van der Waals surface area contributed by atoms with Crippen LogP contribution in [0.3, 0.4) is 0 Å². The quantitative estimate of drug-likeness (QED) is 0.576. The number of sulfonamides is 1. The summed E-state index contributed by atoms with van der Waals surface area (Å²) in [6.07, 6.45) is 0.725. The predicted octanol–water partition coefficient (Wildman–Crippen LogP) is 3.78. The molecule has 0 radical (unpaired) electrons. The van der Waals surface area contributed by atoms with E-state index in [1.807, 2.05) is 25.1 Å². The van der Waals surface area contributed by atoms with Gasteiger partial charge in [-0.2, -0.15) is 0 Å². The van der Waals surface area contributed by atoms with Gasteiger partial charge in [-0.25, -0.2) is 8.42 Å². The molecule has 0 heterocycles. The van der Waals surface area contributed by atoms with Crippen LogP contribution in [0.5, 0.6) is 5.75 Å². The maximum absolute atomic E-state index is 12.6. The second-order valence-corrected chi connectivity index (χ2v) is 8.51. The Labute approximate surface area is 177 Å². The minimum atomic E-state index is -3.81. The lowest BCUT2D eigenvalue weighted by Gasteiger charge is -2.12. The fraction of sp³-hybridized carbons (Fsp3) is 0.174.